The molecule has 0 amide bonds. The summed E-state index contributed by atoms with van der Waals surface area (Å²) in [4.78, 5) is 4.35. The molecule has 0 aliphatic carbocycles. The van der Waals surface area contributed by atoms with Gasteiger partial charge in [0.15, 0.2) is 0 Å². The topological polar surface area (TPSA) is 17.8 Å². The Hall–Kier alpha value is -0.800. The van der Waals surface area contributed by atoms with E-state index < -0.39 is 0 Å². The molecule has 2 aromatic rings. The number of nitrogens with zero attached hydrogens (tertiary/aromatic N) is 2. The van der Waals surface area contributed by atoms with Crippen molar-refractivity contribution in [2.45, 2.75) is 18.8 Å². The van der Waals surface area contributed by atoms with Crippen LogP contribution in [0.3, 0.4) is 0 Å². The van der Waals surface area contributed by atoms with Gasteiger partial charge in [0.25, 0.3) is 0 Å². The summed E-state index contributed by atoms with van der Waals surface area (Å²) >= 11 is 9.83. The van der Waals surface area contributed by atoms with Crippen LogP contribution in [-0.4, -0.2) is 14.9 Å². The van der Waals surface area contributed by atoms with E-state index in [1.807, 2.05) is 37.6 Å². The molecule has 0 fully saturated rings. The third kappa shape index (κ3) is 3.15. The standard InChI is InChI=1S/C14H16BrClN2/c1-18-9-8-17-14(18)7-6-11(10-15)12-4-2-3-5-13(12)16/h2-5,8-9,11H,6-7,10H2,1H3. The molecule has 0 N–H and O–H groups in total. The van der Waals surface area contributed by atoms with Crippen LogP contribution in [0.1, 0.15) is 23.7 Å². The van der Waals surface area contributed by atoms with Gasteiger partial charge >= 0.3 is 0 Å². The van der Waals surface area contributed by atoms with Crippen molar-refractivity contribution in [3.8, 4) is 0 Å². The summed E-state index contributed by atoms with van der Waals surface area (Å²) in [5, 5.41) is 1.77. The highest BCUT2D eigenvalue weighted by Gasteiger charge is 2.14. The molecule has 96 valence electrons. The molecule has 1 atom stereocenters. The van der Waals surface area contributed by atoms with E-state index in [9.17, 15) is 0 Å². The molecule has 2 rings (SSSR count). The highest BCUT2D eigenvalue weighted by molar-refractivity contribution is 9.09. The van der Waals surface area contributed by atoms with E-state index in [0.717, 1.165) is 29.0 Å². The van der Waals surface area contributed by atoms with Gasteiger partial charge in [-0.15, -0.1) is 0 Å². The van der Waals surface area contributed by atoms with Gasteiger partial charge < -0.3 is 4.57 Å². The quantitative estimate of drug-likeness (QED) is 0.753. The average molecular weight is 328 g/mol. The molecule has 0 bridgehead atoms. The van der Waals surface area contributed by atoms with Crippen LogP contribution in [0.25, 0.3) is 0 Å². The van der Waals surface area contributed by atoms with Gasteiger partial charge in [-0.1, -0.05) is 45.7 Å². The van der Waals surface area contributed by atoms with E-state index in [1.165, 1.54) is 5.56 Å². The lowest BCUT2D eigenvalue weighted by Gasteiger charge is -2.15. The predicted molar refractivity (Wildman–Crippen MR) is 79.5 cm³/mol. The first-order valence-electron chi connectivity index (χ1n) is 5.99. The van der Waals surface area contributed by atoms with Crippen molar-refractivity contribution in [1.82, 2.24) is 9.55 Å². The monoisotopic (exact) mass is 326 g/mol. The summed E-state index contributed by atoms with van der Waals surface area (Å²) in [6, 6.07) is 8.06. The fraction of sp³-hybridized carbons (Fsp3) is 0.357. The Balaban J connectivity index is 2.07. The van der Waals surface area contributed by atoms with Gasteiger partial charge in [0, 0.05) is 36.2 Å². The minimum Gasteiger partial charge on any atom is -0.338 e. The summed E-state index contributed by atoms with van der Waals surface area (Å²) in [5.74, 6) is 1.54. The molecule has 0 saturated heterocycles. The maximum atomic E-state index is 6.25. The zero-order valence-corrected chi connectivity index (χ0v) is 12.7. The summed E-state index contributed by atoms with van der Waals surface area (Å²) < 4.78 is 2.07. The lowest BCUT2D eigenvalue weighted by Crippen LogP contribution is -2.06. The van der Waals surface area contributed by atoms with E-state index in [4.69, 9.17) is 11.6 Å². The SMILES string of the molecule is Cn1ccnc1CCC(CBr)c1ccccc1Cl. The van der Waals surface area contributed by atoms with Crippen molar-refractivity contribution in [2.75, 3.05) is 5.33 Å². The molecule has 4 heteroatoms. The van der Waals surface area contributed by atoms with Crippen LogP contribution in [0.4, 0.5) is 0 Å². The van der Waals surface area contributed by atoms with Crippen molar-refractivity contribution >= 4 is 27.5 Å². The van der Waals surface area contributed by atoms with Crippen molar-refractivity contribution in [3.05, 3.63) is 53.1 Å². The summed E-state index contributed by atoms with van der Waals surface area (Å²) in [6.45, 7) is 0. The van der Waals surface area contributed by atoms with E-state index >= 15 is 0 Å². The molecule has 1 heterocycles. The first-order chi connectivity index (χ1) is 8.72. The Bertz CT molecular complexity index is 510. The summed E-state index contributed by atoms with van der Waals surface area (Å²) in [7, 11) is 2.03. The molecule has 0 aliphatic heterocycles. The maximum absolute atomic E-state index is 6.25. The summed E-state index contributed by atoms with van der Waals surface area (Å²) in [5.41, 5.74) is 1.21. The third-order valence-electron chi connectivity index (χ3n) is 3.17. The van der Waals surface area contributed by atoms with Gasteiger partial charge in [-0.3, -0.25) is 0 Å². The van der Waals surface area contributed by atoms with Crippen LogP contribution in [0.15, 0.2) is 36.7 Å². The lowest BCUT2D eigenvalue weighted by atomic mass is 9.96. The molecule has 1 aromatic carbocycles. The van der Waals surface area contributed by atoms with Gasteiger partial charge in [0.1, 0.15) is 5.82 Å². The molecule has 0 aliphatic rings. The normalized spacial score (nSPS) is 12.6. The molecule has 0 radical (unpaired) electrons. The fourth-order valence-corrected chi connectivity index (χ4v) is 3.03. The van der Waals surface area contributed by atoms with Crippen LogP contribution < -0.4 is 0 Å². The van der Waals surface area contributed by atoms with E-state index in [0.29, 0.717) is 5.92 Å². The van der Waals surface area contributed by atoms with Crippen LogP contribution in [-0.2, 0) is 13.5 Å². The number of aromatic nitrogens is 2. The molecule has 18 heavy (non-hydrogen) atoms. The molecule has 0 spiro atoms. The fourth-order valence-electron chi connectivity index (χ4n) is 2.06. The number of halogens is 2. The Morgan fingerprint density at radius 3 is 2.78 bits per heavy atom. The molecular weight excluding hydrogens is 312 g/mol. The van der Waals surface area contributed by atoms with Crippen LogP contribution in [0, 0.1) is 0 Å². The van der Waals surface area contributed by atoms with Crippen molar-refractivity contribution in [2.24, 2.45) is 7.05 Å². The molecular formula is C14H16BrClN2. The molecule has 1 unspecified atom stereocenters. The van der Waals surface area contributed by atoms with E-state index in [2.05, 4.69) is 31.5 Å². The predicted octanol–water partition coefficient (Wildman–Crippen LogP) is 4.18. The molecule has 0 saturated carbocycles. The van der Waals surface area contributed by atoms with E-state index in [1.54, 1.807) is 0 Å². The van der Waals surface area contributed by atoms with Gasteiger partial charge in [-0.25, -0.2) is 4.98 Å². The van der Waals surface area contributed by atoms with Gasteiger partial charge in [0.2, 0.25) is 0 Å². The van der Waals surface area contributed by atoms with Crippen LogP contribution in [0.2, 0.25) is 5.02 Å². The van der Waals surface area contributed by atoms with Crippen LogP contribution in [0.5, 0.6) is 0 Å². The number of hydrogen-bond acceptors (Lipinski definition) is 1. The first-order valence-corrected chi connectivity index (χ1v) is 7.49. The number of aryl methyl sites for hydroxylation is 2. The maximum Gasteiger partial charge on any atom is 0.108 e. The van der Waals surface area contributed by atoms with Crippen LogP contribution >= 0.6 is 27.5 Å². The van der Waals surface area contributed by atoms with Crippen molar-refractivity contribution < 1.29 is 0 Å². The van der Waals surface area contributed by atoms with Crippen molar-refractivity contribution in [1.29, 1.82) is 0 Å². The molecule has 1 aromatic heterocycles. The second-order valence-electron chi connectivity index (χ2n) is 4.37. The average Bonchev–Trinajstić information content (AvgIpc) is 2.78. The highest BCUT2D eigenvalue weighted by atomic mass is 79.9. The van der Waals surface area contributed by atoms with Gasteiger partial charge in [0.05, 0.1) is 0 Å². The third-order valence-corrected chi connectivity index (χ3v) is 4.29. The zero-order chi connectivity index (χ0) is 13.0. The van der Waals surface area contributed by atoms with E-state index in [-0.39, 0.29) is 0 Å². The summed E-state index contributed by atoms with van der Waals surface area (Å²) in [6.07, 6.45) is 5.83. The number of hydrogen-bond donors (Lipinski definition) is 0. The van der Waals surface area contributed by atoms with Gasteiger partial charge in [-0.05, 0) is 24.0 Å². The largest absolute Gasteiger partial charge is 0.338 e. The zero-order valence-electron chi connectivity index (χ0n) is 10.3. The number of alkyl halides is 1. The van der Waals surface area contributed by atoms with Crippen molar-refractivity contribution in [3.63, 3.8) is 0 Å². The Morgan fingerprint density at radius 1 is 1.39 bits per heavy atom. The van der Waals surface area contributed by atoms with Gasteiger partial charge in [-0.2, -0.15) is 0 Å². The Labute approximate surface area is 121 Å². The Kier molecular flexibility index (Phi) is 4.84. The smallest absolute Gasteiger partial charge is 0.108 e. The minimum absolute atomic E-state index is 0.426. The highest BCUT2D eigenvalue weighted by Crippen LogP contribution is 2.29. The number of imidazole rings is 1. The minimum atomic E-state index is 0.426. The second kappa shape index (κ2) is 6.39. The number of benzene rings is 1. The number of rotatable bonds is 5. The molecule has 2 nitrogen and oxygen atoms in total. The second-order valence-corrected chi connectivity index (χ2v) is 5.42. The first kappa shape index (κ1) is 13.6. The lowest BCUT2D eigenvalue weighted by molar-refractivity contribution is 0.650. The Morgan fingerprint density at radius 2 is 2.17 bits per heavy atom.